The summed E-state index contributed by atoms with van der Waals surface area (Å²) in [6.45, 7) is 4.40. The molecule has 0 saturated carbocycles. The van der Waals surface area contributed by atoms with Gasteiger partial charge in [0.15, 0.2) is 0 Å². The minimum atomic E-state index is 0.319. The number of hydrogen-bond donors (Lipinski definition) is 1. The zero-order valence-electron chi connectivity index (χ0n) is 12.6. The maximum Gasteiger partial charge on any atom is 0.0485 e. The maximum atomic E-state index is 3.65. The predicted molar refractivity (Wildman–Crippen MR) is 89.9 cm³/mol. The molecule has 1 heteroatoms. The van der Waals surface area contributed by atoms with E-state index in [1.54, 1.807) is 0 Å². The summed E-state index contributed by atoms with van der Waals surface area (Å²) >= 11 is 0. The highest BCUT2D eigenvalue weighted by molar-refractivity contribution is 5.76. The Bertz CT molecular complexity index is 680. The van der Waals surface area contributed by atoms with Gasteiger partial charge >= 0.3 is 0 Å². The Labute approximate surface area is 127 Å². The van der Waals surface area contributed by atoms with Crippen LogP contribution < -0.4 is 5.32 Å². The summed E-state index contributed by atoms with van der Waals surface area (Å²) in [4.78, 5) is 0. The van der Waals surface area contributed by atoms with Crippen LogP contribution in [0.5, 0.6) is 0 Å². The monoisotopic (exact) mass is 275 g/mol. The first-order valence-electron chi connectivity index (χ1n) is 7.53. The molecule has 0 fully saturated rings. The molecule has 1 atom stereocenters. The van der Waals surface area contributed by atoms with Gasteiger partial charge < -0.3 is 5.32 Å². The second kappa shape index (κ2) is 6.01. The van der Waals surface area contributed by atoms with Crippen LogP contribution in [-0.2, 0) is 6.42 Å². The third kappa shape index (κ3) is 2.92. The lowest BCUT2D eigenvalue weighted by Crippen LogP contribution is -2.18. The molecular formula is C20H21N. The molecule has 0 aromatic heterocycles. The largest absolute Gasteiger partial charge is 0.382 e. The van der Waals surface area contributed by atoms with Crippen LogP contribution in [0, 0.1) is 0 Å². The maximum absolute atomic E-state index is 3.65. The second-order valence-electron chi connectivity index (χ2n) is 5.58. The quantitative estimate of drug-likeness (QED) is 0.782. The molecule has 0 spiro atoms. The fourth-order valence-corrected chi connectivity index (χ4v) is 2.98. The Balaban J connectivity index is 2.03. The average molecular weight is 275 g/mol. The summed E-state index contributed by atoms with van der Waals surface area (Å²) < 4.78 is 0. The Hall–Kier alpha value is -2.28. The topological polar surface area (TPSA) is 12.0 Å². The normalized spacial score (nSPS) is 23.2. The van der Waals surface area contributed by atoms with E-state index in [4.69, 9.17) is 0 Å². The molecule has 1 aliphatic heterocycles. The highest BCUT2D eigenvalue weighted by Crippen LogP contribution is 2.26. The Morgan fingerprint density at radius 1 is 0.952 bits per heavy atom. The van der Waals surface area contributed by atoms with Crippen LogP contribution in [0.25, 0.3) is 5.57 Å². The molecule has 1 heterocycles. The highest BCUT2D eigenvalue weighted by atomic mass is 14.9. The van der Waals surface area contributed by atoms with Crippen molar-refractivity contribution in [1.82, 2.24) is 5.32 Å². The number of fused-ring (bicyclic) bond motifs is 1. The van der Waals surface area contributed by atoms with E-state index in [0.717, 1.165) is 6.42 Å². The molecule has 106 valence electrons. The van der Waals surface area contributed by atoms with Gasteiger partial charge in [0.25, 0.3) is 0 Å². The van der Waals surface area contributed by atoms with Crippen LogP contribution in [0.3, 0.4) is 0 Å². The number of benzene rings is 2. The SMILES string of the molecule is C/C1=C(c2ccccc2)/C=C\Cc2ccccc2[C@@H](C)N1. The van der Waals surface area contributed by atoms with Crippen LogP contribution in [0.1, 0.15) is 36.6 Å². The van der Waals surface area contributed by atoms with Gasteiger partial charge in [0.1, 0.15) is 0 Å². The van der Waals surface area contributed by atoms with Gasteiger partial charge in [-0.3, -0.25) is 0 Å². The standard InChI is InChI=1S/C20H21N/c1-15-19-13-7-6-11-18(19)12-8-14-20(16(2)21-15)17-9-4-3-5-10-17/h3-11,13-15,21H,12H2,1-2H3/b14-8-,20-16+/t15-/m1/s1. The summed E-state index contributed by atoms with van der Waals surface area (Å²) in [5.74, 6) is 0. The Morgan fingerprint density at radius 2 is 1.67 bits per heavy atom. The lowest BCUT2D eigenvalue weighted by Gasteiger charge is -2.20. The first-order chi connectivity index (χ1) is 10.3. The first-order valence-corrected chi connectivity index (χ1v) is 7.53. The van der Waals surface area contributed by atoms with Gasteiger partial charge in [-0.15, -0.1) is 0 Å². The Kier molecular flexibility index (Phi) is 3.92. The van der Waals surface area contributed by atoms with Gasteiger partial charge in [0.05, 0.1) is 0 Å². The molecule has 0 bridgehead atoms. The molecule has 1 aliphatic rings. The van der Waals surface area contributed by atoms with E-state index in [0.29, 0.717) is 6.04 Å². The van der Waals surface area contributed by atoms with Crippen molar-refractivity contribution >= 4 is 5.57 Å². The van der Waals surface area contributed by atoms with E-state index in [-0.39, 0.29) is 0 Å². The van der Waals surface area contributed by atoms with Crippen molar-refractivity contribution in [2.45, 2.75) is 26.3 Å². The van der Waals surface area contributed by atoms with Crippen molar-refractivity contribution in [3.05, 3.63) is 89.1 Å². The van der Waals surface area contributed by atoms with Gasteiger partial charge in [0.2, 0.25) is 0 Å². The van der Waals surface area contributed by atoms with Crippen LogP contribution in [0.4, 0.5) is 0 Å². The first kappa shape index (κ1) is 13.7. The summed E-state index contributed by atoms with van der Waals surface area (Å²) in [5.41, 5.74) is 6.54. The number of nitrogens with one attached hydrogen (secondary N) is 1. The molecule has 0 amide bonds. The van der Waals surface area contributed by atoms with Crippen LogP contribution in [0.15, 0.2) is 72.4 Å². The van der Waals surface area contributed by atoms with Gasteiger partial charge in [-0.25, -0.2) is 0 Å². The van der Waals surface area contributed by atoms with Gasteiger partial charge in [0, 0.05) is 17.3 Å². The van der Waals surface area contributed by atoms with Crippen molar-refractivity contribution in [1.29, 1.82) is 0 Å². The molecular weight excluding hydrogens is 254 g/mol. The van der Waals surface area contributed by atoms with Gasteiger partial charge in [-0.1, -0.05) is 66.7 Å². The highest BCUT2D eigenvalue weighted by Gasteiger charge is 2.13. The third-order valence-corrected chi connectivity index (χ3v) is 4.07. The van der Waals surface area contributed by atoms with E-state index in [1.807, 2.05) is 0 Å². The second-order valence-corrected chi connectivity index (χ2v) is 5.58. The zero-order chi connectivity index (χ0) is 14.7. The molecule has 0 aliphatic carbocycles. The van der Waals surface area contributed by atoms with Crippen molar-refractivity contribution < 1.29 is 0 Å². The molecule has 0 unspecified atom stereocenters. The summed E-state index contributed by atoms with van der Waals surface area (Å²) in [6, 6.07) is 19.6. The molecule has 2 aromatic carbocycles. The van der Waals surface area contributed by atoms with E-state index < -0.39 is 0 Å². The zero-order valence-corrected chi connectivity index (χ0v) is 12.6. The fourth-order valence-electron chi connectivity index (χ4n) is 2.98. The summed E-state index contributed by atoms with van der Waals surface area (Å²) in [5, 5.41) is 3.65. The van der Waals surface area contributed by atoms with E-state index in [1.165, 1.54) is 28.0 Å². The third-order valence-electron chi connectivity index (χ3n) is 4.07. The predicted octanol–water partition coefficient (Wildman–Crippen LogP) is 4.88. The molecule has 3 rings (SSSR count). The van der Waals surface area contributed by atoms with Crippen molar-refractivity contribution in [2.24, 2.45) is 0 Å². The van der Waals surface area contributed by atoms with Crippen LogP contribution in [0.2, 0.25) is 0 Å². The molecule has 0 radical (unpaired) electrons. The van der Waals surface area contributed by atoms with Crippen LogP contribution >= 0.6 is 0 Å². The molecule has 21 heavy (non-hydrogen) atoms. The molecule has 1 N–H and O–H groups in total. The summed E-state index contributed by atoms with van der Waals surface area (Å²) in [7, 11) is 0. The minimum Gasteiger partial charge on any atom is -0.382 e. The van der Waals surface area contributed by atoms with Crippen LogP contribution in [-0.4, -0.2) is 0 Å². The number of rotatable bonds is 1. The van der Waals surface area contributed by atoms with Gasteiger partial charge in [-0.05, 0) is 37.0 Å². The molecule has 2 aromatic rings. The number of hydrogen-bond acceptors (Lipinski definition) is 1. The smallest absolute Gasteiger partial charge is 0.0485 e. The number of allylic oxidation sites excluding steroid dienone is 4. The van der Waals surface area contributed by atoms with Crippen molar-refractivity contribution in [3.8, 4) is 0 Å². The van der Waals surface area contributed by atoms with E-state index >= 15 is 0 Å². The lowest BCUT2D eigenvalue weighted by atomic mass is 9.99. The minimum absolute atomic E-state index is 0.319. The fraction of sp³-hybridized carbons (Fsp3) is 0.200. The summed E-state index contributed by atoms with van der Waals surface area (Å²) in [6.07, 6.45) is 5.49. The van der Waals surface area contributed by atoms with E-state index in [9.17, 15) is 0 Å². The van der Waals surface area contributed by atoms with Crippen molar-refractivity contribution in [3.63, 3.8) is 0 Å². The van der Waals surface area contributed by atoms with Crippen molar-refractivity contribution in [2.75, 3.05) is 0 Å². The van der Waals surface area contributed by atoms with E-state index in [2.05, 4.69) is 85.9 Å². The lowest BCUT2D eigenvalue weighted by molar-refractivity contribution is 0.651. The molecule has 0 saturated heterocycles. The van der Waals surface area contributed by atoms with Gasteiger partial charge in [-0.2, -0.15) is 0 Å². The average Bonchev–Trinajstić information content (AvgIpc) is 2.57. The Morgan fingerprint density at radius 3 is 2.48 bits per heavy atom. The molecule has 1 nitrogen and oxygen atoms in total.